The molecule has 2 aliphatic rings. The van der Waals surface area contributed by atoms with E-state index in [-0.39, 0.29) is 18.1 Å². The lowest BCUT2D eigenvalue weighted by Crippen LogP contribution is -2.38. The van der Waals surface area contributed by atoms with E-state index in [1.54, 1.807) is 0 Å². The zero-order chi connectivity index (χ0) is 20.2. The van der Waals surface area contributed by atoms with Crippen LogP contribution in [-0.2, 0) is 16.0 Å². The summed E-state index contributed by atoms with van der Waals surface area (Å²) in [7, 11) is 0. The number of carbonyl (C=O) groups is 1. The molecule has 2 fully saturated rings. The maximum absolute atomic E-state index is 13.0. The smallest absolute Gasteiger partial charge is 0.260 e. The molecule has 0 spiro atoms. The third-order valence-electron chi connectivity index (χ3n) is 5.32. The van der Waals surface area contributed by atoms with Crippen LogP contribution in [0.4, 0.5) is 5.82 Å². The minimum atomic E-state index is -0.539. The Hall–Kier alpha value is -2.87. The lowest BCUT2D eigenvalue weighted by Gasteiger charge is -2.28. The van der Waals surface area contributed by atoms with Crippen molar-refractivity contribution in [1.82, 2.24) is 9.55 Å². The molecule has 1 aliphatic heterocycles. The molecule has 1 aromatic heterocycles. The zero-order valence-corrected chi connectivity index (χ0v) is 16.4. The third-order valence-corrected chi connectivity index (χ3v) is 5.32. The summed E-state index contributed by atoms with van der Waals surface area (Å²) in [4.78, 5) is 31.3. The van der Waals surface area contributed by atoms with Gasteiger partial charge in [-0.2, -0.15) is 0 Å². The van der Waals surface area contributed by atoms with Gasteiger partial charge in [-0.3, -0.25) is 14.2 Å². The van der Waals surface area contributed by atoms with Gasteiger partial charge >= 0.3 is 0 Å². The summed E-state index contributed by atoms with van der Waals surface area (Å²) in [5.74, 6) is 1.04. The first-order valence-corrected chi connectivity index (χ1v) is 10.1. The summed E-state index contributed by atoms with van der Waals surface area (Å²) in [5, 5.41) is 0. The molecular weight excluding hydrogens is 372 g/mol. The summed E-state index contributed by atoms with van der Waals surface area (Å²) in [5.41, 5.74) is 5.80. The number of hydrogen-bond donors (Lipinski definition) is 1. The Balaban J connectivity index is 1.70. The van der Waals surface area contributed by atoms with Gasteiger partial charge in [0.1, 0.15) is 17.4 Å². The van der Waals surface area contributed by atoms with Gasteiger partial charge in [-0.05, 0) is 37.8 Å². The lowest BCUT2D eigenvalue weighted by molar-refractivity contribution is -0.117. The standard InChI is InChI=1S/C21H26N4O4/c22-18(26)13-20-23-19(24-8-10-28-11-9-24)14-21(27)25(20)15-4-3-7-17(12-15)29-16-5-1-2-6-16/h3-4,7,12,14,16H,1-2,5-6,8-11,13H2,(H2,22,26). The number of nitrogens with zero attached hydrogens (tertiary/aromatic N) is 3. The van der Waals surface area contributed by atoms with Gasteiger partial charge in [-0.1, -0.05) is 6.07 Å². The van der Waals surface area contributed by atoms with Crippen molar-refractivity contribution in [2.24, 2.45) is 5.73 Å². The molecule has 0 radical (unpaired) electrons. The molecule has 154 valence electrons. The van der Waals surface area contributed by atoms with Crippen LogP contribution < -0.4 is 20.9 Å². The second-order valence-electron chi connectivity index (χ2n) is 7.47. The van der Waals surface area contributed by atoms with Crippen LogP contribution in [0.15, 0.2) is 35.1 Å². The second-order valence-corrected chi connectivity index (χ2v) is 7.47. The van der Waals surface area contributed by atoms with Crippen molar-refractivity contribution in [2.75, 3.05) is 31.2 Å². The largest absolute Gasteiger partial charge is 0.490 e. The van der Waals surface area contributed by atoms with Crippen LogP contribution in [0, 0.1) is 0 Å². The average molecular weight is 398 g/mol. The van der Waals surface area contributed by atoms with E-state index in [2.05, 4.69) is 4.98 Å². The van der Waals surface area contributed by atoms with Crippen molar-refractivity contribution in [3.8, 4) is 11.4 Å². The number of aromatic nitrogens is 2. The number of amides is 1. The first-order valence-electron chi connectivity index (χ1n) is 10.1. The maximum atomic E-state index is 13.0. The van der Waals surface area contributed by atoms with Crippen molar-refractivity contribution in [1.29, 1.82) is 0 Å². The Morgan fingerprint density at radius 2 is 1.97 bits per heavy atom. The van der Waals surface area contributed by atoms with Crippen LogP contribution in [0.2, 0.25) is 0 Å². The molecule has 0 bridgehead atoms. The average Bonchev–Trinajstić information content (AvgIpc) is 3.21. The number of anilines is 1. The normalized spacial score (nSPS) is 17.4. The van der Waals surface area contributed by atoms with E-state index in [0.717, 1.165) is 12.8 Å². The van der Waals surface area contributed by atoms with Crippen molar-refractivity contribution < 1.29 is 14.3 Å². The molecule has 4 rings (SSSR count). The SMILES string of the molecule is NC(=O)Cc1nc(N2CCOCC2)cc(=O)n1-c1cccc(OC2CCCC2)c1. The Morgan fingerprint density at radius 1 is 1.21 bits per heavy atom. The molecule has 8 nitrogen and oxygen atoms in total. The van der Waals surface area contributed by atoms with Crippen LogP contribution in [0.25, 0.3) is 5.69 Å². The highest BCUT2D eigenvalue weighted by Gasteiger charge is 2.20. The Labute approximate surface area is 169 Å². The van der Waals surface area contributed by atoms with Crippen LogP contribution in [0.1, 0.15) is 31.5 Å². The van der Waals surface area contributed by atoms with Gasteiger partial charge in [0, 0.05) is 25.2 Å². The second kappa shape index (κ2) is 8.65. The Kier molecular flexibility index (Phi) is 5.80. The first-order chi connectivity index (χ1) is 14.1. The molecule has 8 heteroatoms. The predicted molar refractivity (Wildman–Crippen MR) is 109 cm³/mol. The fraction of sp³-hybridized carbons (Fsp3) is 0.476. The zero-order valence-electron chi connectivity index (χ0n) is 16.4. The van der Waals surface area contributed by atoms with Crippen molar-refractivity contribution in [2.45, 2.75) is 38.2 Å². The van der Waals surface area contributed by atoms with E-state index in [0.29, 0.717) is 49.4 Å². The van der Waals surface area contributed by atoms with Gasteiger partial charge < -0.3 is 20.1 Å². The minimum Gasteiger partial charge on any atom is -0.490 e. The Morgan fingerprint density at radius 3 is 2.69 bits per heavy atom. The summed E-state index contributed by atoms with van der Waals surface area (Å²) in [6.45, 7) is 2.46. The topological polar surface area (TPSA) is 99.7 Å². The number of nitrogens with two attached hydrogens (primary N) is 1. The number of hydrogen-bond acceptors (Lipinski definition) is 6. The van der Waals surface area contributed by atoms with Crippen LogP contribution >= 0.6 is 0 Å². The molecule has 2 N–H and O–H groups in total. The highest BCUT2D eigenvalue weighted by Crippen LogP contribution is 2.25. The van der Waals surface area contributed by atoms with E-state index >= 15 is 0 Å². The first kappa shape index (κ1) is 19.4. The summed E-state index contributed by atoms with van der Waals surface area (Å²) in [6, 6.07) is 8.86. The molecule has 1 saturated carbocycles. The molecule has 1 aliphatic carbocycles. The van der Waals surface area contributed by atoms with Gasteiger partial charge in [0.25, 0.3) is 5.56 Å². The number of rotatable bonds is 6. The molecule has 1 saturated heterocycles. The van der Waals surface area contributed by atoms with E-state index in [1.807, 2.05) is 29.2 Å². The minimum absolute atomic E-state index is 0.124. The maximum Gasteiger partial charge on any atom is 0.260 e. The molecule has 0 unspecified atom stereocenters. The van der Waals surface area contributed by atoms with Gasteiger partial charge in [0.15, 0.2) is 0 Å². The van der Waals surface area contributed by atoms with E-state index in [9.17, 15) is 9.59 Å². The third kappa shape index (κ3) is 4.59. The molecule has 1 aromatic carbocycles. The number of morpholine rings is 1. The molecule has 0 atom stereocenters. The van der Waals surface area contributed by atoms with Gasteiger partial charge in [-0.25, -0.2) is 4.98 Å². The van der Waals surface area contributed by atoms with Gasteiger partial charge in [-0.15, -0.1) is 0 Å². The van der Waals surface area contributed by atoms with Crippen molar-refractivity contribution in [3.63, 3.8) is 0 Å². The van der Waals surface area contributed by atoms with E-state index < -0.39 is 5.91 Å². The van der Waals surface area contributed by atoms with E-state index in [4.69, 9.17) is 15.2 Å². The summed E-state index contributed by atoms with van der Waals surface area (Å²) < 4.78 is 12.9. The van der Waals surface area contributed by atoms with Crippen molar-refractivity contribution in [3.05, 3.63) is 46.5 Å². The molecular formula is C21H26N4O4. The Bertz CT molecular complexity index is 931. The molecule has 29 heavy (non-hydrogen) atoms. The quantitative estimate of drug-likeness (QED) is 0.790. The number of benzene rings is 1. The number of carbonyl (C=O) groups excluding carboxylic acids is 1. The van der Waals surface area contributed by atoms with Crippen molar-refractivity contribution >= 4 is 11.7 Å². The number of ether oxygens (including phenoxy) is 2. The highest BCUT2D eigenvalue weighted by atomic mass is 16.5. The number of primary amides is 1. The van der Waals surface area contributed by atoms with Gasteiger partial charge in [0.2, 0.25) is 5.91 Å². The molecule has 2 heterocycles. The fourth-order valence-corrected chi connectivity index (χ4v) is 3.92. The summed E-state index contributed by atoms with van der Waals surface area (Å²) >= 11 is 0. The fourth-order valence-electron chi connectivity index (χ4n) is 3.92. The van der Waals surface area contributed by atoms with E-state index in [1.165, 1.54) is 23.5 Å². The summed E-state index contributed by atoms with van der Waals surface area (Å²) in [6.07, 6.45) is 4.55. The monoisotopic (exact) mass is 398 g/mol. The van der Waals surface area contributed by atoms with Crippen LogP contribution in [-0.4, -0.2) is 47.9 Å². The lowest BCUT2D eigenvalue weighted by atomic mass is 10.2. The highest BCUT2D eigenvalue weighted by molar-refractivity contribution is 5.76. The molecule has 1 amide bonds. The van der Waals surface area contributed by atoms with Crippen LogP contribution in [0.5, 0.6) is 5.75 Å². The molecule has 2 aromatic rings. The predicted octanol–water partition coefficient (Wildman–Crippen LogP) is 1.42. The van der Waals surface area contributed by atoms with Crippen LogP contribution in [0.3, 0.4) is 0 Å². The van der Waals surface area contributed by atoms with Gasteiger partial charge in [0.05, 0.1) is 31.4 Å².